The molecule has 0 aliphatic rings. The van der Waals surface area contributed by atoms with Gasteiger partial charge < -0.3 is 10.4 Å². The summed E-state index contributed by atoms with van der Waals surface area (Å²) in [4.78, 5) is 24.9. The van der Waals surface area contributed by atoms with E-state index in [0.29, 0.717) is 6.07 Å². The summed E-state index contributed by atoms with van der Waals surface area (Å²) in [5.41, 5.74) is -0.480. The summed E-state index contributed by atoms with van der Waals surface area (Å²) in [6, 6.07) is 4.94. The number of nitro groups is 1. The van der Waals surface area contributed by atoms with E-state index in [9.17, 15) is 19.3 Å². The summed E-state index contributed by atoms with van der Waals surface area (Å²) >= 11 is 0. The van der Waals surface area contributed by atoms with E-state index in [1.54, 1.807) is 24.5 Å². The zero-order valence-corrected chi connectivity index (χ0v) is 10.6. The lowest BCUT2D eigenvalue weighted by Gasteiger charge is -2.08. The number of pyridine rings is 1. The molecule has 0 spiro atoms. The average molecular weight is 291 g/mol. The monoisotopic (exact) mass is 291 g/mol. The second kappa shape index (κ2) is 5.95. The van der Waals surface area contributed by atoms with Gasteiger partial charge in [-0.2, -0.15) is 0 Å². The van der Waals surface area contributed by atoms with E-state index in [1.807, 2.05) is 0 Å². The topological polar surface area (TPSA) is 105 Å². The van der Waals surface area contributed by atoms with Gasteiger partial charge in [0, 0.05) is 18.9 Å². The number of carboxylic acid groups (broad SMARTS) is 1. The van der Waals surface area contributed by atoms with Crippen molar-refractivity contribution in [2.45, 2.75) is 6.54 Å². The molecule has 2 rings (SSSR count). The quantitative estimate of drug-likeness (QED) is 0.647. The molecular weight excluding hydrogens is 281 g/mol. The minimum atomic E-state index is -1.49. The van der Waals surface area contributed by atoms with Crippen LogP contribution in [0.5, 0.6) is 0 Å². The van der Waals surface area contributed by atoms with Gasteiger partial charge >= 0.3 is 5.97 Å². The molecule has 0 aliphatic carbocycles. The Labute approximate surface area is 118 Å². The molecule has 21 heavy (non-hydrogen) atoms. The van der Waals surface area contributed by atoms with E-state index in [2.05, 4.69) is 10.3 Å². The standard InChI is InChI=1S/C13H10FN3O4/c14-10-5-12(17(20)21)11(4-9(10)13(18)19)16-7-8-2-1-3-15-6-8/h1-6,16H,7H2,(H,18,19). The fourth-order valence-electron chi connectivity index (χ4n) is 1.72. The fraction of sp³-hybridized carbons (Fsp3) is 0.0769. The summed E-state index contributed by atoms with van der Waals surface area (Å²) in [5, 5.41) is 22.5. The lowest BCUT2D eigenvalue weighted by atomic mass is 10.1. The smallest absolute Gasteiger partial charge is 0.338 e. The summed E-state index contributed by atoms with van der Waals surface area (Å²) in [7, 11) is 0. The molecule has 1 aromatic heterocycles. The van der Waals surface area contributed by atoms with Crippen LogP contribution in [0.3, 0.4) is 0 Å². The van der Waals surface area contributed by atoms with Crippen LogP contribution in [-0.4, -0.2) is 21.0 Å². The normalized spacial score (nSPS) is 10.1. The maximum atomic E-state index is 13.5. The van der Waals surface area contributed by atoms with E-state index in [4.69, 9.17) is 5.11 Å². The molecule has 0 radical (unpaired) electrons. The molecule has 0 bridgehead atoms. The molecule has 1 aromatic carbocycles. The van der Waals surface area contributed by atoms with Gasteiger partial charge in [0.2, 0.25) is 0 Å². The third-order valence-corrected chi connectivity index (χ3v) is 2.72. The Hall–Kier alpha value is -3.03. The van der Waals surface area contributed by atoms with Crippen LogP contribution in [0.25, 0.3) is 0 Å². The predicted octanol–water partition coefficient (Wildman–Crippen LogP) is 2.44. The highest BCUT2D eigenvalue weighted by molar-refractivity contribution is 5.90. The number of anilines is 1. The molecule has 2 aromatic rings. The number of nitro benzene ring substituents is 1. The minimum absolute atomic E-state index is 0.0670. The van der Waals surface area contributed by atoms with E-state index in [1.165, 1.54) is 0 Å². The van der Waals surface area contributed by atoms with Crippen molar-refractivity contribution >= 4 is 17.3 Å². The maximum Gasteiger partial charge on any atom is 0.338 e. The van der Waals surface area contributed by atoms with Crippen LogP contribution in [0.2, 0.25) is 0 Å². The van der Waals surface area contributed by atoms with Crippen molar-refractivity contribution < 1.29 is 19.2 Å². The number of halogens is 1. The molecule has 0 amide bonds. The highest BCUT2D eigenvalue weighted by atomic mass is 19.1. The fourth-order valence-corrected chi connectivity index (χ4v) is 1.72. The van der Waals surface area contributed by atoms with E-state index in [-0.39, 0.29) is 12.2 Å². The Morgan fingerprint density at radius 1 is 1.48 bits per heavy atom. The summed E-state index contributed by atoms with van der Waals surface area (Å²) < 4.78 is 13.5. The highest BCUT2D eigenvalue weighted by Gasteiger charge is 2.21. The van der Waals surface area contributed by atoms with Gasteiger partial charge in [0.05, 0.1) is 16.6 Å². The second-order valence-corrected chi connectivity index (χ2v) is 4.13. The number of carboxylic acids is 1. The van der Waals surface area contributed by atoms with Gasteiger partial charge in [-0.3, -0.25) is 15.1 Å². The molecule has 108 valence electrons. The van der Waals surface area contributed by atoms with Crippen molar-refractivity contribution in [1.82, 2.24) is 4.98 Å². The number of hydrogen-bond acceptors (Lipinski definition) is 5. The zero-order valence-electron chi connectivity index (χ0n) is 10.6. The summed E-state index contributed by atoms with van der Waals surface area (Å²) in [5.74, 6) is -2.65. The molecule has 0 aliphatic heterocycles. The minimum Gasteiger partial charge on any atom is -0.478 e. The van der Waals surface area contributed by atoms with E-state index in [0.717, 1.165) is 11.6 Å². The van der Waals surface area contributed by atoms with Crippen LogP contribution < -0.4 is 5.32 Å². The van der Waals surface area contributed by atoms with Crippen molar-refractivity contribution in [2.75, 3.05) is 5.32 Å². The third kappa shape index (κ3) is 3.30. The largest absolute Gasteiger partial charge is 0.478 e. The number of aromatic carboxylic acids is 1. The number of hydrogen-bond donors (Lipinski definition) is 2. The Bertz CT molecular complexity index is 691. The van der Waals surface area contributed by atoms with Gasteiger partial charge in [0.25, 0.3) is 5.69 Å². The lowest BCUT2D eigenvalue weighted by Crippen LogP contribution is -2.07. The zero-order chi connectivity index (χ0) is 15.4. The molecule has 0 fully saturated rings. The Kier molecular flexibility index (Phi) is 4.07. The van der Waals surface area contributed by atoms with Crippen LogP contribution in [0.15, 0.2) is 36.7 Å². The highest BCUT2D eigenvalue weighted by Crippen LogP contribution is 2.28. The summed E-state index contributed by atoms with van der Waals surface area (Å²) in [6.07, 6.45) is 3.13. The number of aromatic nitrogens is 1. The number of nitrogens with zero attached hydrogens (tertiary/aromatic N) is 2. The Morgan fingerprint density at radius 2 is 2.24 bits per heavy atom. The first-order chi connectivity index (χ1) is 9.99. The molecule has 7 nitrogen and oxygen atoms in total. The number of nitrogens with one attached hydrogen (secondary N) is 1. The molecule has 1 heterocycles. The SMILES string of the molecule is O=C(O)c1cc(NCc2cccnc2)c([N+](=O)[O-])cc1F. The molecule has 2 N–H and O–H groups in total. The van der Waals surface area contributed by atoms with Crippen LogP contribution >= 0.6 is 0 Å². The van der Waals surface area contributed by atoms with Crippen molar-refractivity contribution in [3.8, 4) is 0 Å². The molecule has 0 unspecified atom stereocenters. The van der Waals surface area contributed by atoms with E-state index < -0.39 is 28.0 Å². The molecule has 0 saturated heterocycles. The average Bonchev–Trinajstić information content (AvgIpc) is 2.46. The predicted molar refractivity (Wildman–Crippen MR) is 71.6 cm³/mol. The first-order valence-corrected chi connectivity index (χ1v) is 5.83. The second-order valence-electron chi connectivity index (χ2n) is 4.13. The van der Waals surface area contributed by atoms with E-state index >= 15 is 0 Å². The lowest BCUT2D eigenvalue weighted by molar-refractivity contribution is -0.384. The number of benzene rings is 1. The maximum absolute atomic E-state index is 13.5. The molecule has 8 heteroatoms. The van der Waals surface area contributed by atoms with Crippen molar-refractivity contribution in [1.29, 1.82) is 0 Å². The Balaban J connectivity index is 2.34. The number of rotatable bonds is 5. The number of carbonyl (C=O) groups is 1. The van der Waals surface area contributed by atoms with Gasteiger partial charge in [-0.1, -0.05) is 6.07 Å². The molecule has 0 saturated carbocycles. The molecule has 0 atom stereocenters. The first-order valence-electron chi connectivity index (χ1n) is 5.83. The van der Waals surface area contributed by atoms with Gasteiger partial charge in [-0.05, 0) is 17.7 Å². The first kappa shape index (κ1) is 14.4. The summed E-state index contributed by atoms with van der Waals surface area (Å²) in [6.45, 7) is 0.194. The van der Waals surface area contributed by atoms with Gasteiger partial charge in [0.1, 0.15) is 11.5 Å². The van der Waals surface area contributed by atoms with Crippen molar-refractivity contribution in [3.63, 3.8) is 0 Å². The molecular formula is C13H10FN3O4. The Morgan fingerprint density at radius 3 is 2.81 bits per heavy atom. The van der Waals surface area contributed by atoms with Crippen LogP contribution in [-0.2, 0) is 6.54 Å². The van der Waals surface area contributed by atoms with Crippen LogP contribution in [0, 0.1) is 15.9 Å². The van der Waals surface area contributed by atoms with Crippen molar-refractivity contribution in [2.24, 2.45) is 0 Å². The van der Waals surface area contributed by atoms with Crippen LogP contribution in [0.1, 0.15) is 15.9 Å². The van der Waals surface area contributed by atoms with Crippen LogP contribution in [0.4, 0.5) is 15.8 Å². The van der Waals surface area contributed by atoms with Gasteiger partial charge in [-0.25, -0.2) is 9.18 Å². The van der Waals surface area contributed by atoms with Crippen molar-refractivity contribution in [3.05, 3.63) is 63.7 Å². The van der Waals surface area contributed by atoms with Gasteiger partial charge in [0.15, 0.2) is 0 Å². The third-order valence-electron chi connectivity index (χ3n) is 2.72. The van der Waals surface area contributed by atoms with Gasteiger partial charge in [-0.15, -0.1) is 0 Å².